The van der Waals surface area contributed by atoms with E-state index in [0.717, 1.165) is 18.4 Å². The number of alkyl carbamates (subject to hydrolysis) is 1. The van der Waals surface area contributed by atoms with Gasteiger partial charge in [0.25, 0.3) is 0 Å². The monoisotopic (exact) mass is 393 g/mol. The maximum atomic E-state index is 12.3. The third-order valence-electron chi connectivity index (χ3n) is 5.48. The van der Waals surface area contributed by atoms with Gasteiger partial charge in [0.2, 0.25) is 0 Å². The average Bonchev–Trinajstić information content (AvgIpc) is 3.38. The highest BCUT2D eigenvalue weighted by molar-refractivity contribution is 9.09. The van der Waals surface area contributed by atoms with Crippen molar-refractivity contribution < 1.29 is 14.3 Å². The summed E-state index contributed by atoms with van der Waals surface area (Å²) < 4.78 is 5.28. The molecule has 1 atom stereocenters. The summed E-state index contributed by atoms with van der Waals surface area (Å²) in [6.45, 7) is 0.218. The molecule has 0 bridgehead atoms. The molecule has 2 aliphatic rings. The zero-order chi connectivity index (χ0) is 17.0. The van der Waals surface area contributed by atoms with Crippen LogP contribution in [-0.4, -0.2) is 23.2 Å². The summed E-state index contributed by atoms with van der Waals surface area (Å²) in [4.78, 5) is 24.4. The van der Waals surface area contributed by atoms with E-state index in [-0.39, 0.29) is 23.6 Å². The Bertz CT molecular complexity index is 576. The van der Waals surface area contributed by atoms with Crippen molar-refractivity contribution in [3.63, 3.8) is 0 Å². The normalized spacial score (nSPS) is 20.4. The number of ketones is 1. The van der Waals surface area contributed by atoms with E-state index in [4.69, 9.17) is 4.74 Å². The van der Waals surface area contributed by atoms with Crippen molar-refractivity contribution in [3.05, 3.63) is 35.9 Å². The molecule has 0 aliphatic heterocycles. The standard InChI is InChI=1S/C19H24BrNO3/c20-12-16(22)17(15-6-8-19(9-7-15)10-11-19)21-18(23)24-13-14-4-2-1-3-5-14/h1-5,15,17H,6-13H2,(H,21,23). The maximum absolute atomic E-state index is 12.3. The molecule has 130 valence electrons. The Morgan fingerprint density at radius 1 is 1.17 bits per heavy atom. The summed E-state index contributed by atoms with van der Waals surface area (Å²) in [5.41, 5.74) is 1.51. The largest absolute Gasteiger partial charge is 0.445 e. The lowest BCUT2D eigenvalue weighted by molar-refractivity contribution is -0.120. The highest BCUT2D eigenvalue weighted by Crippen LogP contribution is 2.57. The second-order valence-electron chi connectivity index (χ2n) is 7.12. The van der Waals surface area contributed by atoms with Crippen molar-refractivity contribution in [2.75, 3.05) is 5.33 Å². The predicted molar refractivity (Wildman–Crippen MR) is 96.0 cm³/mol. The van der Waals surface area contributed by atoms with Gasteiger partial charge in [-0.15, -0.1) is 0 Å². The molecule has 3 rings (SSSR count). The number of benzene rings is 1. The van der Waals surface area contributed by atoms with Gasteiger partial charge < -0.3 is 10.1 Å². The third-order valence-corrected chi connectivity index (χ3v) is 6.04. The van der Waals surface area contributed by atoms with Crippen LogP contribution in [0, 0.1) is 11.3 Å². The van der Waals surface area contributed by atoms with Crippen LogP contribution in [0.4, 0.5) is 4.79 Å². The van der Waals surface area contributed by atoms with Gasteiger partial charge in [-0.05, 0) is 55.4 Å². The van der Waals surface area contributed by atoms with Crippen LogP contribution in [0.1, 0.15) is 44.1 Å². The van der Waals surface area contributed by atoms with Crippen molar-refractivity contribution in [2.24, 2.45) is 11.3 Å². The summed E-state index contributed by atoms with van der Waals surface area (Å²) in [5, 5.41) is 3.08. The van der Waals surface area contributed by atoms with Crippen LogP contribution < -0.4 is 5.32 Å². The van der Waals surface area contributed by atoms with Gasteiger partial charge in [0.15, 0.2) is 5.78 Å². The Hall–Kier alpha value is -1.36. The predicted octanol–water partition coefficient (Wildman–Crippen LogP) is 4.22. The number of ether oxygens (including phenoxy) is 1. The van der Waals surface area contributed by atoms with Crippen LogP contribution in [-0.2, 0) is 16.1 Å². The molecule has 1 amide bonds. The molecule has 2 fully saturated rings. The van der Waals surface area contributed by atoms with Crippen LogP contribution in [0.3, 0.4) is 0 Å². The molecule has 1 aromatic rings. The number of rotatable bonds is 6. The van der Waals surface area contributed by atoms with Crippen molar-refractivity contribution in [2.45, 2.75) is 51.2 Å². The van der Waals surface area contributed by atoms with E-state index < -0.39 is 12.1 Å². The molecule has 24 heavy (non-hydrogen) atoms. The number of Topliss-reactive ketones (excluding diaryl/α,β-unsaturated/α-hetero) is 1. The van der Waals surface area contributed by atoms with Crippen LogP contribution >= 0.6 is 15.9 Å². The van der Waals surface area contributed by atoms with Crippen molar-refractivity contribution in [1.82, 2.24) is 5.32 Å². The van der Waals surface area contributed by atoms with Gasteiger partial charge >= 0.3 is 6.09 Å². The minimum Gasteiger partial charge on any atom is -0.445 e. The van der Waals surface area contributed by atoms with Gasteiger partial charge in [0.1, 0.15) is 6.61 Å². The average molecular weight is 394 g/mol. The zero-order valence-electron chi connectivity index (χ0n) is 13.8. The first-order valence-corrected chi connectivity index (χ1v) is 9.80. The molecule has 0 heterocycles. The quantitative estimate of drug-likeness (QED) is 0.736. The molecule has 1 unspecified atom stereocenters. The SMILES string of the molecule is O=C(NC(C(=O)CBr)C1CCC2(CC1)CC2)OCc1ccccc1. The lowest BCUT2D eigenvalue weighted by Gasteiger charge is -2.33. The molecule has 4 nitrogen and oxygen atoms in total. The molecular weight excluding hydrogens is 370 g/mol. The fraction of sp³-hybridized carbons (Fsp3) is 0.579. The number of halogens is 1. The van der Waals surface area contributed by atoms with Crippen molar-refractivity contribution >= 4 is 27.8 Å². The highest BCUT2D eigenvalue weighted by Gasteiger charge is 2.46. The summed E-state index contributed by atoms with van der Waals surface area (Å²) in [7, 11) is 0. The molecule has 1 spiro atoms. The molecule has 2 saturated carbocycles. The van der Waals surface area contributed by atoms with E-state index in [1.807, 2.05) is 30.3 Å². The number of carbonyl (C=O) groups is 2. The maximum Gasteiger partial charge on any atom is 0.408 e. The Kier molecular flexibility index (Phi) is 5.59. The van der Waals surface area contributed by atoms with E-state index in [9.17, 15) is 9.59 Å². The van der Waals surface area contributed by atoms with E-state index in [1.165, 1.54) is 25.7 Å². The molecule has 0 radical (unpaired) electrons. The summed E-state index contributed by atoms with van der Waals surface area (Å²) in [5.74, 6) is 0.258. The lowest BCUT2D eigenvalue weighted by Crippen LogP contribution is -2.47. The summed E-state index contributed by atoms with van der Waals surface area (Å²) in [6.07, 6.45) is 6.57. The fourth-order valence-electron chi connectivity index (χ4n) is 3.70. The Balaban J connectivity index is 1.53. The first-order valence-electron chi connectivity index (χ1n) is 8.68. The smallest absolute Gasteiger partial charge is 0.408 e. The summed E-state index contributed by atoms with van der Waals surface area (Å²) in [6, 6.07) is 9.11. The first kappa shape index (κ1) is 17.5. The summed E-state index contributed by atoms with van der Waals surface area (Å²) >= 11 is 3.24. The molecular formula is C19H24BrNO3. The van der Waals surface area contributed by atoms with Gasteiger partial charge in [-0.25, -0.2) is 4.79 Å². The number of hydrogen-bond acceptors (Lipinski definition) is 3. The Morgan fingerprint density at radius 2 is 1.83 bits per heavy atom. The van der Waals surface area contributed by atoms with Gasteiger partial charge in [0, 0.05) is 0 Å². The van der Waals surface area contributed by atoms with Crippen molar-refractivity contribution in [1.29, 1.82) is 0 Å². The molecule has 1 N–H and O–H groups in total. The van der Waals surface area contributed by atoms with Crippen molar-refractivity contribution in [3.8, 4) is 0 Å². The Labute approximate surface area is 151 Å². The van der Waals surface area contributed by atoms with Gasteiger partial charge in [-0.1, -0.05) is 46.3 Å². The van der Waals surface area contributed by atoms with Gasteiger partial charge in [0.05, 0.1) is 11.4 Å². The first-order chi connectivity index (χ1) is 11.6. The minimum absolute atomic E-state index is 0.0309. The topological polar surface area (TPSA) is 55.4 Å². The highest BCUT2D eigenvalue weighted by atomic mass is 79.9. The van der Waals surface area contributed by atoms with Crippen LogP contribution in [0.25, 0.3) is 0 Å². The number of amides is 1. The molecule has 2 aliphatic carbocycles. The second kappa shape index (κ2) is 7.68. The van der Waals surface area contributed by atoms with Gasteiger partial charge in [-0.3, -0.25) is 4.79 Å². The number of alkyl halides is 1. The van der Waals surface area contributed by atoms with E-state index in [2.05, 4.69) is 21.2 Å². The lowest BCUT2D eigenvalue weighted by atomic mass is 9.76. The third kappa shape index (κ3) is 4.38. The van der Waals surface area contributed by atoms with Crippen LogP contribution in [0.5, 0.6) is 0 Å². The zero-order valence-corrected chi connectivity index (χ0v) is 15.4. The second-order valence-corrected chi connectivity index (χ2v) is 7.68. The van der Waals surface area contributed by atoms with Crippen LogP contribution in [0.2, 0.25) is 0 Å². The van der Waals surface area contributed by atoms with E-state index in [0.29, 0.717) is 5.41 Å². The molecule has 0 aromatic heterocycles. The minimum atomic E-state index is -0.509. The van der Waals surface area contributed by atoms with E-state index in [1.54, 1.807) is 0 Å². The van der Waals surface area contributed by atoms with E-state index >= 15 is 0 Å². The Morgan fingerprint density at radius 3 is 2.42 bits per heavy atom. The molecule has 0 saturated heterocycles. The number of nitrogens with one attached hydrogen (secondary N) is 1. The van der Waals surface area contributed by atoms with Gasteiger partial charge in [-0.2, -0.15) is 0 Å². The fourth-order valence-corrected chi connectivity index (χ4v) is 4.05. The molecule has 1 aromatic carbocycles. The molecule has 5 heteroatoms. The number of hydrogen-bond donors (Lipinski definition) is 1. The number of carbonyl (C=O) groups excluding carboxylic acids is 2. The van der Waals surface area contributed by atoms with Crippen LogP contribution in [0.15, 0.2) is 30.3 Å².